The summed E-state index contributed by atoms with van der Waals surface area (Å²) >= 11 is 0. The highest BCUT2D eigenvalue weighted by molar-refractivity contribution is 6.03. The van der Waals surface area contributed by atoms with E-state index in [1.54, 1.807) is 37.4 Å². The third-order valence-corrected chi connectivity index (χ3v) is 11.9. The number of amides is 3. The van der Waals surface area contributed by atoms with Crippen LogP contribution in [0.2, 0.25) is 0 Å². The Hall–Kier alpha value is -6.37. The molecule has 0 fully saturated rings. The van der Waals surface area contributed by atoms with Crippen molar-refractivity contribution in [2.45, 2.75) is 44.9 Å². The van der Waals surface area contributed by atoms with Gasteiger partial charge >= 0.3 is 0 Å². The first kappa shape index (κ1) is 68.4. The van der Waals surface area contributed by atoms with Crippen molar-refractivity contribution < 1.29 is 80.7 Å². The van der Waals surface area contributed by atoms with Gasteiger partial charge in [-0.2, -0.15) is 5.10 Å². The Kier molecular flexibility index (Phi) is 33.9. The van der Waals surface area contributed by atoms with Crippen LogP contribution in [0.3, 0.4) is 0 Å². The highest BCUT2D eigenvalue weighted by Gasteiger charge is 2.28. The normalized spacial score (nSPS) is 12.6. The van der Waals surface area contributed by atoms with Gasteiger partial charge in [0.25, 0.3) is 17.4 Å². The van der Waals surface area contributed by atoms with Gasteiger partial charge in [-0.3, -0.25) is 19.2 Å². The van der Waals surface area contributed by atoms with E-state index in [-0.39, 0.29) is 42.1 Å². The monoisotopic (exact) mass is 1180 g/mol. The molecule has 26 nitrogen and oxygen atoms in total. The van der Waals surface area contributed by atoms with Crippen molar-refractivity contribution in [3.05, 3.63) is 101 Å². The molecule has 0 unspecified atom stereocenters. The van der Waals surface area contributed by atoms with Gasteiger partial charge in [-0.05, 0) is 60.7 Å². The van der Waals surface area contributed by atoms with Crippen LogP contribution in [0.4, 0.5) is 5.69 Å². The molecule has 3 atom stereocenters. The second kappa shape index (κ2) is 41.6. The fourth-order valence-electron chi connectivity index (χ4n) is 7.57. The zero-order chi connectivity index (χ0) is 59.8. The van der Waals surface area contributed by atoms with Crippen molar-refractivity contribution in [3.8, 4) is 17.3 Å². The van der Waals surface area contributed by atoms with Crippen LogP contribution in [0.5, 0.6) is 5.75 Å². The van der Waals surface area contributed by atoms with E-state index >= 15 is 0 Å². The number of hydrogen-bond donors (Lipinski definition) is 5. The van der Waals surface area contributed by atoms with E-state index in [0.29, 0.717) is 186 Å². The Balaban J connectivity index is 0.697. The molecule has 0 aliphatic heterocycles. The van der Waals surface area contributed by atoms with E-state index in [2.05, 4.69) is 31.0 Å². The first-order valence-electron chi connectivity index (χ1n) is 28.2. The molecule has 3 aromatic heterocycles. The molecule has 26 heteroatoms. The number of aliphatic hydroxyl groups excluding tert-OH is 1. The highest BCUT2D eigenvalue weighted by atomic mass is 16.6. The molecule has 0 saturated heterocycles. The lowest BCUT2D eigenvalue weighted by Crippen LogP contribution is -2.54. The summed E-state index contributed by atoms with van der Waals surface area (Å²) in [6, 6.07) is 18.9. The summed E-state index contributed by atoms with van der Waals surface area (Å²) in [5.41, 5.74) is 8.88. The van der Waals surface area contributed by atoms with Gasteiger partial charge in [-0.15, -0.1) is 0 Å². The minimum absolute atomic E-state index is 0.125. The summed E-state index contributed by atoms with van der Waals surface area (Å²) in [7, 11) is 1.54. The number of carbonyl (C=O) groups excluding carboxylic acids is 3. The number of rotatable bonds is 48. The second-order valence-electron chi connectivity index (χ2n) is 19.1. The number of aliphatic hydroxyl groups is 1. The molecule has 6 N–H and O–H groups in total. The molecule has 0 aliphatic carbocycles. The molecule has 5 aromatic rings. The molecule has 0 aliphatic rings. The number of carbonyl (C=O) groups is 3. The molecule has 0 bridgehead atoms. The predicted octanol–water partition coefficient (Wildman–Crippen LogP) is 2.38. The van der Waals surface area contributed by atoms with E-state index in [9.17, 15) is 24.3 Å². The van der Waals surface area contributed by atoms with Crippen LogP contribution in [0.25, 0.3) is 22.7 Å². The van der Waals surface area contributed by atoms with Crippen LogP contribution in [0.15, 0.2) is 88.2 Å². The number of oxazole rings is 1. The number of hydrogen-bond acceptors (Lipinski definition) is 22. The lowest BCUT2D eigenvalue weighted by molar-refractivity contribution is -0.135. The fraction of sp³-hybridized carbons (Fsp3) is 0.569. The molecule has 3 amide bonds. The first-order chi connectivity index (χ1) is 41.0. The Labute approximate surface area is 489 Å². The SMILES string of the molecule is CC(C)C[C@H](NC(=O)[C@@H](O)[C@H](N)Cc1ccccc1)C(=O)NCCOCCOCCOCCOCCOCCOCCOCCOCCOCCOCCOCCOc1ccc(C(=O)Nc2ccc3oc(-c4ccc(=O)n(C)n4)nc3c2)nc1. The predicted molar refractivity (Wildman–Crippen MR) is 308 cm³/mol. The van der Waals surface area contributed by atoms with Gasteiger partial charge in [0, 0.05) is 31.4 Å². The Morgan fingerprint density at radius 1 is 0.631 bits per heavy atom. The Bertz CT molecular complexity index is 2650. The van der Waals surface area contributed by atoms with Crippen LogP contribution >= 0.6 is 0 Å². The summed E-state index contributed by atoms with van der Waals surface area (Å²) in [4.78, 5) is 58.8. The lowest BCUT2D eigenvalue weighted by Gasteiger charge is -2.24. The number of anilines is 1. The minimum Gasteiger partial charge on any atom is -0.490 e. The average Bonchev–Trinajstić information content (AvgIpc) is 4.19. The largest absolute Gasteiger partial charge is 0.490 e. The minimum atomic E-state index is -1.46. The number of pyridine rings is 1. The first-order valence-corrected chi connectivity index (χ1v) is 28.2. The number of nitrogens with zero attached hydrogens (tertiary/aromatic N) is 4. The summed E-state index contributed by atoms with van der Waals surface area (Å²) < 4.78 is 73.5. The Morgan fingerprint density at radius 2 is 1.14 bits per heavy atom. The quantitative estimate of drug-likeness (QED) is 0.0349. The molecule has 0 radical (unpaired) electrons. The highest BCUT2D eigenvalue weighted by Crippen LogP contribution is 2.25. The third-order valence-electron chi connectivity index (χ3n) is 11.9. The molecule has 5 rings (SSSR count). The third kappa shape index (κ3) is 28.5. The van der Waals surface area contributed by atoms with Gasteiger partial charge in [0.05, 0.1) is 152 Å². The standard InChI is InChI=1S/C58H84N8O18/c1-43(2)39-51(63-57(71)54(68)47(59)40-44-7-5-4-6-8-44)55(69)60-15-16-72-17-18-73-19-20-74-21-22-75-23-24-76-25-26-77-27-28-78-29-30-79-31-32-80-33-34-81-35-36-82-37-38-83-46-10-11-48(61-42-46)56(70)62-45-9-13-52-50(41-45)64-58(84-52)49-12-14-53(67)66(3)65-49/h4-14,41-43,47,51,54,68H,15-40,59H2,1-3H3,(H,60,69)(H,62,70)(H,63,71)/t47-,51+,54+/m1/s1. The van der Waals surface area contributed by atoms with Crippen LogP contribution in [0, 0.1) is 5.92 Å². The topological polar surface area (TPSA) is 318 Å². The number of ether oxygens (including phenoxy) is 12. The van der Waals surface area contributed by atoms with Gasteiger partial charge in [0.1, 0.15) is 41.4 Å². The van der Waals surface area contributed by atoms with E-state index in [0.717, 1.165) is 5.56 Å². The molecule has 3 heterocycles. The van der Waals surface area contributed by atoms with Crippen LogP contribution in [-0.4, -0.2) is 219 Å². The van der Waals surface area contributed by atoms with Crippen molar-refractivity contribution in [1.82, 2.24) is 30.4 Å². The molecule has 2 aromatic carbocycles. The van der Waals surface area contributed by atoms with E-state index in [4.69, 9.17) is 67.0 Å². The van der Waals surface area contributed by atoms with Crippen molar-refractivity contribution in [1.29, 1.82) is 0 Å². The van der Waals surface area contributed by atoms with Crippen molar-refractivity contribution in [2.75, 3.05) is 164 Å². The maximum Gasteiger partial charge on any atom is 0.274 e. The molecule has 0 saturated carbocycles. The van der Waals surface area contributed by atoms with E-state index in [1.807, 2.05) is 44.2 Å². The molecule has 464 valence electrons. The van der Waals surface area contributed by atoms with Gasteiger partial charge in [0.15, 0.2) is 5.58 Å². The second-order valence-corrected chi connectivity index (χ2v) is 19.1. The summed E-state index contributed by atoms with van der Waals surface area (Å²) in [5.74, 6) is -0.572. The smallest absolute Gasteiger partial charge is 0.274 e. The lowest BCUT2D eigenvalue weighted by atomic mass is 10.00. The van der Waals surface area contributed by atoms with E-state index < -0.39 is 30.0 Å². The molecular formula is C58H84N8O18. The zero-order valence-electron chi connectivity index (χ0n) is 48.5. The summed E-state index contributed by atoms with van der Waals surface area (Å²) in [6.07, 6.45) is 0.734. The van der Waals surface area contributed by atoms with Crippen LogP contribution in [0.1, 0.15) is 36.3 Å². The van der Waals surface area contributed by atoms with Gasteiger partial charge in [-0.25, -0.2) is 14.6 Å². The molecular weight excluding hydrogens is 1100 g/mol. The summed E-state index contributed by atoms with van der Waals surface area (Å²) in [6.45, 7) is 13.6. The fourth-order valence-corrected chi connectivity index (χ4v) is 7.57. The summed E-state index contributed by atoms with van der Waals surface area (Å²) in [5, 5.41) is 22.9. The molecule has 0 spiro atoms. The number of nitrogens with two attached hydrogens (primary N) is 1. The van der Waals surface area contributed by atoms with Crippen molar-refractivity contribution in [3.63, 3.8) is 0 Å². The number of nitrogens with one attached hydrogen (secondary N) is 3. The Morgan fingerprint density at radius 3 is 1.63 bits per heavy atom. The van der Waals surface area contributed by atoms with Crippen molar-refractivity contribution >= 4 is 34.5 Å². The van der Waals surface area contributed by atoms with Crippen LogP contribution < -0.4 is 32.0 Å². The van der Waals surface area contributed by atoms with Crippen LogP contribution in [-0.2, 0) is 75.2 Å². The number of fused-ring (bicyclic) bond motifs is 1. The zero-order valence-corrected chi connectivity index (χ0v) is 48.5. The maximum atomic E-state index is 12.9. The number of aryl methyl sites for hydroxylation is 1. The van der Waals surface area contributed by atoms with E-state index in [1.165, 1.54) is 23.0 Å². The average molecular weight is 1180 g/mol. The number of benzene rings is 2. The van der Waals surface area contributed by atoms with Gasteiger partial charge in [0.2, 0.25) is 11.8 Å². The van der Waals surface area contributed by atoms with Gasteiger partial charge in [-0.1, -0.05) is 44.2 Å². The van der Waals surface area contributed by atoms with Gasteiger partial charge < -0.3 is 88.1 Å². The molecule has 84 heavy (non-hydrogen) atoms. The van der Waals surface area contributed by atoms with Crippen molar-refractivity contribution in [2.24, 2.45) is 18.7 Å². The maximum absolute atomic E-state index is 12.9. The number of aromatic nitrogens is 4.